The molecule has 0 spiro atoms. The lowest BCUT2D eigenvalue weighted by atomic mass is 10.1. The van der Waals surface area contributed by atoms with Crippen molar-refractivity contribution in [3.05, 3.63) is 40.9 Å². The van der Waals surface area contributed by atoms with Crippen LogP contribution < -0.4 is 5.32 Å². The molecule has 2 amide bonds. The van der Waals surface area contributed by atoms with Crippen LogP contribution in [0.5, 0.6) is 0 Å². The number of aryl methyl sites for hydroxylation is 1. The number of carbonyl (C=O) groups excluding carboxylic acids is 3. The smallest absolute Gasteiger partial charge is 0.413 e. The molecule has 0 aliphatic rings. The Morgan fingerprint density at radius 1 is 1.23 bits per heavy atom. The van der Waals surface area contributed by atoms with E-state index in [0.717, 1.165) is 24.1 Å². The first-order valence-corrected chi connectivity index (χ1v) is 8.93. The molecule has 0 saturated carbocycles. The van der Waals surface area contributed by atoms with Gasteiger partial charge in [0, 0.05) is 10.9 Å². The summed E-state index contributed by atoms with van der Waals surface area (Å²) in [7, 11) is 1.13. The molecule has 1 N–H and O–H groups in total. The van der Waals surface area contributed by atoms with E-state index >= 15 is 0 Å². The predicted molar refractivity (Wildman–Crippen MR) is 96.7 cm³/mol. The Labute approximate surface area is 155 Å². The maximum atomic E-state index is 12.0. The number of hydrogen-bond donors (Lipinski definition) is 1. The molecule has 2 aromatic rings. The third-order valence-electron chi connectivity index (χ3n) is 3.57. The lowest BCUT2D eigenvalue weighted by molar-refractivity contribution is -0.154. The molecule has 138 valence electrons. The van der Waals surface area contributed by atoms with Gasteiger partial charge in [0.1, 0.15) is 5.01 Å². The molecule has 1 aromatic carbocycles. The Bertz CT molecular complexity index is 785. The summed E-state index contributed by atoms with van der Waals surface area (Å²) in [6.45, 7) is 3.46. The first kappa shape index (κ1) is 19.6. The van der Waals surface area contributed by atoms with Crippen LogP contribution in [0.4, 0.5) is 4.79 Å². The van der Waals surface area contributed by atoms with Crippen LogP contribution in [-0.2, 0) is 31.9 Å². The fraction of sp³-hybridized carbons (Fsp3) is 0.333. The zero-order valence-corrected chi connectivity index (χ0v) is 15.6. The fourth-order valence-electron chi connectivity index (χ4n) is 2.10. The number of rotatable bonds is 6. The molecule has 0 unspecified atom stereocenters. The second kappa shape index (κ2) is 9.10. The third-order valence-corrected chi connectivity index (χ3v) is 4.51. The lowest BCUT2D eigenvalue weighted by Crippen LogP contribution is -2.39. The third kappa shape index (κ3) is 5.38. The van der Waals surface area contributed by atoms with Crippen molar-refractivity contribution in [2.45, 2.75) is 32.8 Å². The second-order valence-corrected chi connectivity index (χ2v) is 6.34. The van der Waals surface area contributed by atoms with E-state index in [1.54, 1.807) is 5.38 Å². The molecule has 0 fully saturated rings. The molecule has 0 bridgehead atoms. The molecular formula is C18H20N2O5S. The van der Waals surface area contributed by atoms with E-state index in [1.165, 1.54) is 23.8 Å². The number of benzene rings is 1. The van der Waals surface area contributed by atoms with Crippen LogP contribution in [0, 0.1) is 0 Å². The summed E-state index contributed by atoms with van der Waals surface area (Å²) >= 11 is 1.44. The van der Waals surface area contributed by atoms with E-state index in [0.29, 0.717) is 5.69 Å². The second-order valence-electron chi connectivity index (χ2n) is 5.48. The fourth-order valence-corrected chi connectivity index (χ4v) is 2.92. The summed E-state index contributed by atoms with van der Waals surface area (Å²) in [5.41, 5.74) is 2.79. The Morgan fingerprint density at radius 2 is 1.92 bits per heavy atom. The van der Waals surface area contributed by atoms with Crippen molar-refractivity contribution in [2.75, 3.05) is 7.11 Å². The van der Waals surface area contributed by atoms with Crippen molar-refractivity contribution in [2.24, 2.45) is 0 Å². The number of amides is 2. The highest BCUT2D eigenvalue weighted by atomic mass is 32.1. The topological polar surface area (TPSA) is 94.6 Å². The van der Waals surface area contributed by atoms with Gasteiger partial charge in [-0.3, -0.25) is 14.9 Å². The van der Waals surface area contributed by atoms with Gasteiger partial charge in [-0.15, -0.1) is 11.3 Å². The number of carbonyl (C=O) groups is 3. The summed E-state index contributed by atoms with van der Waals surface area (Å²) < 4.78 is 9.32. The number of esters is 1. The molecule has 8 heteroatoms. The van der Waals surface area contributed by atoms with Gasteiger partial charge in [0.25, 0.3) is 5.91 Å². The van der Waals surface area contributed by atoms with Crippen LogP contribution in [-0.4, -0.2) is 36.2 Å². The summed E-state index contributed by atoms with van der Waals surface area (Å²) in [5.74, 6) is -1.35. The number of alkyl carbamates (subject to hydrolysis) is 1. The maximum Gasteiger partial charge on any atom is 0.413 e. The Balaban J connectivity index is 1.92. The van der Waals surface area contributed by atoms with Crippen LogP contribution >= 0.6 is 11.3 Å². The lowest BCUT2D eigenvalue weighted by Gasteiger charge is -2.11. The van der Waals surface area contributed by atoms with Gasteiger partial charge >= 0.3 is 12.1 Å². The number of hydrogen-bond acceptors (Lipinski definition) is 7. The molecule has 0 aliphatic heterocycles. The van der Waals surface area contributed by atoms with Crippen molar-refractivity contribution in [3.8, 4) is 10.6 Å². The highest BCUT2D eigenvalue weighted by molar-refractivity contribution is 7.13. The van der Waals surface area contributed by atoms with E-state index < -0.39 is 24.1 Å². The number of thiazole rings is 1. The zero-order chi connectivity index (χ0) is 19.1. The van der Waals surface area contributed by atoms with Gasteiger partial charge in [0.05, 0.1) is 19.2 Å². The standard InChI is InChI=1S/C18H20N2O5S/c1-4-12-5-7-13(8-6-12)17-19-14(10-26-17)9-15(21)25-11(2)16(22)20-18(23)24-3/h5-8,10-11H,4,9H2,1-3H3,(H,20,22,23)/t11-/m0/s1. The van der Waals surface area contributed by atoms with Crippen molar-refractivity contribution in [3.63, 3.8) is 0 Å². The molecule has 0 radical (unpaired) electrons. The van der Waals surface area contributed by atoms with E-state index in [-0.39, 0.29) is 6.42 Å². The van der Waals surface area contributed by atoms with Crippen LogP contribution in [0.2, 0.25) is 0 Å². The van der Waals surface area contributed by atoms with Crippen LogP contribution in [0.15, 0.2) is 29.6 Å². The molecule has 1 atom stereocenters. The van der Waals surface area contributed by atoms with Gasteiger partial charge in [-0.1, -0.05) is 31.2 Å². The van der Waals surface area contributed by atoms with Gasteiger partial charge < -0.3 is 9.47 Å². The van der Waals surface area contributed by atoms with Crippen molar-refractivity contribution in [1.82, 2.24) is 10.3 Å². The van der Waals surface area contributed by atoms with E-state index in [4.69, 9.17) is 4.74 Å². The number of ether oxygens (including phenoxy) is 2. The summed E-state index contributed by atoms with van der Waals surface area (Å²) in [6, 6.07) is 8.09. The SMILES string of the molecule is CCc1ccc(-c2nc(CC(=O)O[C@@H](C)C(=O)NC(=O)OC)cs2)cc1. The monoisotopic (exact) mass is 376 g/mol. The maximum absolute atomic E-state index is 12.0. The first-order valence-electron chi connectivity index (χ1n) is 8.05. The van der Waals surface area contributed by atoms with Crippen molar-refractivity contribution >= 4 is 29.3 Å². The average molecular weight is 376 g/mol. The quantitative estimate of drug-likeness (QED) is 0.779. The Kier molecular flexibility index (Phi) is 6.85. The minimum absolute atomic E-state index is 0.0562. The zero-order valence-electron chi connectivity index (χ0n) is 14.8. The van der Waals surface area contributed by atoms with E-state index in [2.05, 4.69) is 16.6 Å². The number of aromatic nitrogens is 1. The van der Waals surface area contributed by atoms with Gasteiger partial charge in [-0.25, -0.2) is 9.78 Å². The van der Waals surface area contributed by atoms with Gasteiger partial charge in [-0.05, 0) is 18.9 Å². The van der Waals surface area contributed by atoms with Crippen LogP contribution in [0.3, 0.4) is 0 Å². The highest BCUT2D eigenvalue weighted by Gasteiger charge is 2.21. The largest absolute Gasteiger partial charge is 0.453 e. The molecule has 0 aliphatic carbocycles. The van der Waals surface area contributed by atoms with Gasteiger partial charge in [0.15, 0.2) is 6.10 Å². The molecule has 1 heterocycles. The minimum Gasteiger partial charge on any atom is -0.453 e. The number of nitrogens with one attached hydrogen (secondary N) is 1. The molecule has 7 nitrogen and oxygen atoms in total. The van der Waals surface area contributed by atoms with Crippen LogP contribution in [0.1, 0.15) is 25.1 Å². The molecule has 2 rings (SSSR count). The molecule has 1 aromatic heterocycles. The van der Waals surface area contributed by atoms with Gasteiger partial charge in [0.2, 0.25) is 0 Å². The van der Waals surface area contributed by atoms with Crippen molar-refractivity contribution < 1.29 is 23.9 Å². The van der Waals surface area contributed by atoms with E-state index in [1.807, 2.05) is 29.6 Å². The molecular weight excluding hydrogens is 356 g/mol. The highest BCUT2D eigenvalue weighted by Crippen LogP contribution is 2.24. The molecule has 26 heavy (non-hydrogen) atoms. The van der Waals surface area contributed by atoms with Crippen LogP contribution in [0.25, 0.3) is 10.6 Å². The Morgan fingerprint density at radius 3 is 2.54 bits per heavy atom. The molecule has 0 saturated heterocycles. The predicted octanol–water partition coefficient (Wildman–Crippen LogP) is 2.73. The van der Waals surface area contributed by atoms with Crippen molar-refractivity contribution in [1.29, 1.82) is 0 Å². The summed E-state index contributed by atoms with van der Waals surface area (Å²) in [4.78, 5) is 39.0. The van der Waals surface area contributed by atoms with E-state index in [9.17, 15) is 14.4 Å². The number of imide groups is 1. The Hall–Kier alpha value is -2.74. The summed E-state index contributed by atoms with van der Waals surface area (Å²) in [5, 5.41) is 4.54. The minimum atomic E-state index is -1.11. The normalized spacial score (nSPS) is 11.5. The first-order chi connectivity index (χ1) is 12.4. The van der Waals surface area contributed by atoms with Gasteiger partial charge in [-0.2, -0.15) is 0 Å². The number of methoxy groups -OCH3 is 1. The average Bonchev–Trinajstić information content (AvgIpc) is 3.09. The summed E-state index contributed by atoms with van der Waals surface area (Å²) in [6.07, 6.45) is -1.10. The number of nitrogens with zero attached hydrogens (tertiary/aromatic N) is 1.